The molecule has 1 saturated carbocycles. The summed E-state index contributed by atoms with van der Waals surface area (Å²) in [6.07, 6.45) is 3.26. The van der Waals surface area contributed by atoms with Crippen LogP contribution in [0.15, 0.2) is 67.0 Å². The van der Waals surface area contributed by atoms with E-state index in [0.29, 0.717) is 19.5 Å². The molecule has 8 heteroatoms. The van der Waals surface area contributed by atoms with E-state index in [-0.39, 0.29) is 24.4 Å². The summed E-state index contributed by atoms with van der Waals surface area (Å²) < 4.78 is 50.3. The maximum atomic E-state index is 13.9. The number of ether oxygens (including phenoxy) is 1. The number of alkyl halides is 2. The topological polar surface area (TPSA) is 58.2 Å². The molecule has 0 aliphatic heterocycles. The molecule has 1 aliphatic carbocycles. The molecule has 2 aromatic carbocycles. The third-order valence-electron chi connectivity index (χ3n) is 6.78. The van der Waals surface area contributed by atoms with Gasteiger partial charge in [0.1, 0.15) is 24.8 Å². The zero-order chi connectivity index (χ0) is 25.1. The van der Waals surface area contributed by atoms with Gasteiger partial charge >= 0.3 is 0 Å². The molecule has 1 fully saturated rings. The zero-order valence-electron chi connectivity index (χ0n) is 19.6. The van der Waals surface area contributed by atoms with Crippen LogP contribution in [0.25, 0.3) is 0 Å². The Kier molecular flexibility index (Phi) is 7.31. The number of rotatable bonds is 9. The monoisotopic (exact) mass is 486 g/mol. The molecule has 0 radical (unpaired) electrons. The lowest BCUT2D eigenvalue weighted by Gasteiger charge is -2.43. The van der Waals surface area contributed by atoms with Crippen LogP contribution in [0.3, 0.4) is 0 Å². The van der Waals surface area contributed by atoms with Gasteiger partial charge in [0.15, 0.2) is 0 Å². The van der Waals surface area contributed by atoms with Crippen molar-refractivity contribution in [3.63, 3.8) is 0 Å². The number of esters is 1. The van der Waals surface area contributed by atoms with E-state index in [1.807, 2.05) is 28.5 Å². The maximum absolute atomic E-state index is 13.9. The molecule has 186 valence electrons. The molecule has 1 heterocycles. The Morgan fingerprint density at radius 2 is 1.91 bits per heavy atom. The minimum atomic E-state index is -2.94. The van der Waals surface area contributed by atoms with Crippen molar-refractivity contribution in [2.45, 2.75) is 57.2 Å². The van der Waals surface area contributed by atoms with Crippen molar-refractivity contribution in [1.29, 1.82) is 0 Å². The summed E-state index contributed by atoms with van der Waals surface area (Å²) in [6.45, 7) is 3.10. The van der Waals surface area contributed by atoms with E-state index in [4.69, 9.17) is 4.74 Å². The maximum Gasteiger partial charge on any atom is 0.300 e. The molecule has 1 aliphatic rings. The van der Waals surface area contributed by atoms with Gasteiger partial charge < -0.3 is 9.84 Å². The highest BCUT2D eigenvalue weighted by atomic mass is 19.3. The normalized spacial score (nSPS) is 18.8. The van der Waals surface area contributed by atoms with Crippen LogP contribution in [-0.4, -0.2) is 23.1 Å². The van der Waals surface area contributed by atoms with Crippen molar-refractivity contribution in [3.8, 4) is 0 Å². The minimum Gasteiger partial charge on any atom is -0.837 e. The summed E-state index contributed by atoms with van der Waals surface area (Å²) in [6, 6.07) is 14.3. The average molecular weight is 487 g/mol. The molecule has 35 heavy (non-hydrogen) atoms. The molecular formula is C27H29F3N2O3. The Bertz CT molecular complexity index is 1150. The van der Waals surface area contributed by atoms with Gasteiger partial charge in [0.25, 0.3) is 11.8 Å². The number of halogens is 3. The number of aromatic nitrogens is 2. The van der Waals surface area contributed by atoms with Crippen molar-refractivity contribution in [3.05, 3.63) is 89.8 Å². The van der Waals surface area contributed by atoms with Gasteiger partial charge in [-0.1, -0.05) is 42.5 Å². The zero-order valence-corrected chi connectivity index (χ0v) is 19.6. The summed E-state index contributed by atoms with van der Waals surface area (Å²) in [4.78, 5) is 13.0. The van der Waals surface area contributed by atoms with Crippen LogP contribution < -0.4 is 9.67 Å². The van der Waals surface area contributed by atoms with Gasteiger partial charge in [0, 0.05) is 31.8 Å². The molecule has 1 aromatic heterocycles. The van der Waals surface area contributed by atoms with Gasteiger partial charge in [-0.2, -0.15) is 0 Å². The first-order valence-electron chi connectivity index (χ1n) is 11.8. The van der Waals surface area contributed by atoms with E-state index in [0.717, 1.165) is 11.4 Å². The summed E-state index contributed by atoms with van der Waals surface area (Å²) >= 11 is 0. The van der Waals surface area contributed by atoms with Gasteiger partial charge in [-0.25, -0.2) is 22.3 Å². The number of aryl methyl sites for hydroxylation is 1. The van der Waals surface area contributed by atoms with E-state index in [2.05, 4.69) is 0 Å². The predicted molar refractivity (Wildman–Crippen MR) is 121 cm³/mol. The predicted octanol–water partition coefficient (Wildman–Crippen LogP) is 3.90. The number of hydrogen-bond acceptors (Lipinski definition) is 3. The van der Waals surface area contributed by atoms with Crippen LogP contribution in [0.4, 0.5) is 13.2 Å². The molecule has 0 amide bonds. The average Bonchev–Trinajstić information content (AvgIpc) is 3.39. The van der Waals surface area contributed by atoms with Crippen LogP contribution >= 0.6 is 0 Å². The molecule has 2 atom stereocenters. The summed E-state index contributed by atoms with van der Waals surface area (Å²) in [7, 11) is 0. The molecule has 0 N–H and O–H groups in total. The van der Waals surface area contributed by atoms with Crippen molar-refractivity contribution >= 4 is 5.97 Å². The van der Waals surface area contributed by atoms with Crippen LogP contribution in [0.1, 0.15) is 42.6 Å². The Labute approximate surface area is 202 Å². The van der Waals surface area contributed by atoms with Crippen molar-refractivity contribution in [2.75, 3.05) is 6.61 Å². The lowest BCUT2D eigenvalue weighted by atomic mass is 9.80. The molecule has 0 spiro atoms. The van der Waals surface area contributed by atoms with Crippen molar-refractivity contribution in [1.82, 2.24) is 4.57 Å². The Hall–Kier alpha value is -3.13. The van der Waals surface area contributed by atoms with Crippen molar-refractivity contribution < 1.29 is 32.4 Å². The van der Waals surface area contributed by atoms with Crippen LogP contribution in [0.5, 0.6) is 0 Å². The second-order valence-corrected chi connectivity index (χ2v) is 9.18. The fourth-order valence-electron chi connectivity index (χ4n) is 4.74. The van der Waals surface area contributed by atoms with Gasteiger partial charge in [-0.05, 0) is 35.6 Å². The number of benzene rings is 2. The first-order valence-corrected chi connectivity index (χ1v) is 11.8. The lowest BCUT2D eigenvalue weighted by molar-refractivity contribution is -0.694. The van der Waals surface area contributed by atoms with Gasteiger partial charge in [-0.3, -0.25) is 4.79 Å². The molecular weight excluding hydrogens is 457 g/mol. The quantitative estimate of drug-likeness (QED) is 0.262. The number of imidazole rings is 1. The lowest BCUT2D eigenvalue weighted by Crippen LogP contribution is -2.54. The number of carbonyl (C=O) groups is 1. The molecule has 0 unspecified atom stereocenters. The second kappa shape index (κ2) is 10.2. The van der Waals surface area contributed by atoms with Crippen LogP contribution in [-0.2, 0) is 28.2 Å². The smallest absolute Gasteiger partial charge is 0.300 e. The summed E-state index contributed by atoms with van der Waals surface area (Å²) in [5.74, 6) is -4.27. The van der Waals surface area contributed by atoms with Gasteiger partial charge in [-0.15, -0.1) is 0 Å². The molecule has 0 bridgehead atoms. The second-order valence-electron chi connectivity index (χ2n) is 9.18. The van der Waals surface area contributed by atoms with E-state index in [1.54, 1.807) is 30.3 Å². The highest BCUT2D eigenvalue weighted by molar-refractivity contribution is 5.81. The number of hydrogen-bond donors (Lipinski definition) is 0. The highest BCUT2D eigenvalue weighted by Crippen LogP contribution is 2.46. The van der Waals surface area contributed by atoms with E-state index < -0.39 is 36.3 Å². The Balaban J connectivity index is 1.36. The summed E-state index contributed by atoms with van der Waals surface area (Å²) in [5.41, 5.74) is -1.23. The third-order valence-corrected chi connectivity index (χ3v) is 6.78. The molecule has 3 aromatic rings. The third kappa shape index (κ3) is 5.59. The first-order chi connectivity index (χ1) is 16.7. The van der Waals surface area contributed by atoms with Crippen LogP contribution in [0.2, 0.25) is 0 Å². The van der Waals surface area contributed by atoms with Crippen molar-refractivity contribution in [2.24, 2.45) is 5.92 Å². The largest absolute Gasteiger partial charge is 0.837 e. The standard InChI is InChI=1S/C27H29F3N2O3/c1-20-31(15-16-32(20)19-21-8-10-24(28)11-9-21)14-5-17-35-25(33)27(34,22-6-3-2-4-7-22)23-12-13-26(29,30)18-23/h2-4,6-11,15-16,23H,5,12-14,17-19H2,1H3/t23-,27+/m1/s1. The molecule has 0 saturated heterocycles. The highest BCUT2D eigenvalue weighted by Gasteiger charge is 2.48. The van der Waals surface area contributed by atoms with E-state index >= 15 is 0 Å². The van der Waals surface area contributed by atoms with E-state index in [9.17, 15) is 23.1 Å². The Morgan fingerprint density at radius 1 is 1.20 bits per heavy atom. The SMILES string of the molecule is Cc1n(CCCOC(=O)[C@]([O-])(c2ccccc2)[C@@H]2CCC(F)(F)C2)cc[n+]1Cc1ccc(F)cc1. The fourth-order valence-corrected chi connectivity index (χ4v) is 4.74. The number of carbonyl (C=O) groups excluding carboxylic acids is 1. The molecule has 4 rings (SSSR count). The Morgan fingerprint density at radius 3 is 2.57 bits per heavy atom. The van der Waals surface area contributed by atoms with Crippen LogP contribution in [0, 0.1) is 18.7 Å². The molecule has 5 nitrogen and oxygen atoms in total. The summed E-state index contributed by atoms with van der Waals surface area (Å²) in [5, 5.41) is 13.8. The minimum absolute atomic E-state index is 0.00829. The number of nitrogens with zero attached hydrogens (tertiary/aromatic N) is 2. The first kappa shape index (κ1) is 25.0. The fraction of sp³-hybridized carbons (Fsp3) is 0.407. The van der Waals surface area contributed by atoms with E-state index in [1.165, 1.54) is 24.3 Å². The van der Waals surface area contributed by atoms with Gasteiger partial charge in [0.05, 0.1) is 13.2 Å². The van der Waals surface area contributed by atoms with Gasteiger partial charge in [0.2, 0.25) is 5.92 Å².